The predicted molar refractivity (Wildman–Crippen MR) is 98.4 cm³/mol. The molecule has 0 aromatic heterocycles. The molecule has 142 valence electrons. The molecule has 1 aliphatic rings. The number of carboxylic acid groups (broad SMARTS) is 1. The Morgan fingerprint density at radius 1 is 1.07 bits per heavy atom. The zero-order chi connectivity index (χ0) is 19.2. The Bertz CT molecular complexity index is 804. The Hall–Kier alpha value is -3.22. The first kappa shape index (κ1) is 18.6. The third kappa shape index (κ3) is 4.91. The zero-order valence-corrected chi connectivity index (χ0v) is 14.9. The van der Waals surface area contributed by atoms with Gasteiger partial charge in [-0.2, -0.15) is 0 Å². The molecule has 0 spiro atoms. The van der Waals surface area contributed by atoms with Gasteiger partial charge in [-0.3, -0.25) is 9.59 Å². The van der Waals surface area contributed by atoms with Gasteiger partial charge >= 0.3 is 5.97 Å². The number of amides is 1. The Kier molecular flexibility index (Phi) is 5.80. The van der Waals surface area contributed by atoms with Crippen molar-refractivity contribution in [2.45, 2.75) is 32.0 Å². The number of carbonyl (C=O) groups excluding carboxylic acids is 1. The van der Waals surface area contributed by atoms with Crippen LogP contribution in [0, 0.1) is 0 Å². The van der Waals surface area contributed by atoms with Crippen LogP contribution in [-0.4, -0.2) is 35.8 Å². The SMILES string of the molecule is CC1Oc2ccccc2OC1C(=O)Nc1ccc(OCCCC(=O)O)cc1. The highest BCUT2D eigenvalue weighted by atomic mass is 16.6. The standard InChI is InChI=1S/C20H21NO6/c1-13-19(27-17-6-3-2-5-16(17)26-13)20(24)21-14-8-10-15(11-9-14)25-12-4-7-18(22)23/h2-3,5-6,8-11,13,19H,4,7,12H2,1H3,(H,21,24)(H,22,23). The van der Waals surface area contributed by atoms with Gasteiger partial charge < -0.3 is 24.6 Å². The molecule has 0 saturated carbocycles. The van der Waals surface area contributed by atoms with Crippen LogP contribution in [0.3, 0.4) is 0 Å². The molecule has 1 aliphatic heterocycles. The molecule has 0 saturated heterocycles. The van der Waals surface area contributed by atoms with Gasteiger partial charge in [0.2, 0.25) is 6.10 Å². The van der Waals surface area contributed by atoms with Crippen LogP contribution in [0.1, 0.15) is 19.8 Å². The quantitative estimate of drug-likeness (QED) is 0.727. The highest BCUT2D eigenvalue weighted by Crippen LogP contribution is 2.33. The third-order valence-electron chi connectivity index (χ3n) is 4.03. The number of hydrogen-bond donors (Lipinski definition) is 2. The summed E-state index contributed by atoms with van der Waals surface area (Å²) in [5, 5.41) is 11.4. The Balaban J connectivity index is 1.54. The summed E-state index contributed by atoms with van der Waals surface area (Å²) in [6, 6.07) is 14.1. The summed E-state index contributed by atoms with van der Waals surface area (Å²) in [6.45, 7) is 2.11. The van der Waals surface area contributed by atoms with Gasteiger partial charge in [0.25, 0.3) is 5.91 Å². The van der Waals surface area contributed by atoms with E-state index in [4.69, 9.17) is 19.3 Å². The van der Waals surface area contributed by atoms with Crippen molar-refractivity contribution in [3.8, 4) is 17.2 Å². The minimum Gasteiger partial charge on any atom is -0.494 e. The Morgan fingerprint density at radius 3 is 2.41 bits per heavy atom. The van der Waals surface area contributed by atoms with Gasteiger partial charge in [-0.15, -0.1) is 0 Å². The predicted octanol–water partition coefficient (Wildman–Crippen LogP) is 3.10. The number of benzene rings is 2. The molecule has 2 unspecified atom stereocenters. The summed E-state index contributed by atoms with van der Waals surface area (Å²) in [6.07, 6.45) is -0.672. The molecule has 3 rings (SSSR count). The minimum absolute atomic E-state index is 0.0684. The molecule has 0 aliphatic carbocycles. The molecule has 2 aromatic rings. The first-order valence-electron chi connectivity index (χ1n) is 8.71. The monoisotopic (exact) mass is 371 g/mol. The van der Waals surface area contributed by atoms with Crippen molar-refractivity contribution < 1.29 is 28.9 Å². The fourth-order valence-corrected chi connectivity index (χ4v) is 2.67. The van der Waals surface area contributed by atoms with Crippen LogP contribution in [-0.2, 0) is 9.59 Å². The van der Waals surface area contributed by atoms with E-state index in [1.165, 1.54) is 0 Å². The van der Waals surface area contributed by atoms with E-state index >= 15 is 0 Å². The highest BCUT2D eigenvalue weighted by molar-refractivity contribution is 5.95. The number of anilines is 1. The molecule has 2 N–H and O–H groups in total. The van der Waals surface area contributed by atoms with Gasteiger partial charge in [-0.25, -0.2) is 0 Å². The fraction of sp³-hybridized carbons (Fsp3) is 0.300. The average Bonchev–Trinajstić information content (AvgIpc) is 2.65. The van der Waals surface area contributed by atoms with E-state index in [1.54, 1.807) is 43.3 Å². The largest absolute Gasteiger partial charge is 0.494 e. The Labute approximate surface area is 156 Å². The summed E-state index contributed by atoms with van der Waals surface area (Å²) in [5.41, 5.74) is 0.604. The van der Waals surface area contributed by atoms with Gasteiger partial charge in [-0.05, 0) is 49.7 Å². The number of carbonyl (C=O) groups is 2. The molecule has 27 heavy (non-hydrogen) atoms. The number of ether oxygens (including phenoxy) is 3. The summed E-state index contributed by atoms with van der Waals surface area (Å²) < 4.78 is 17.0. The smallest absolute Gasteiger partial charge is 0.303 e. The number of nitrogens with one attached hydrogen (secondary N) is 1. The summed E-state index contributed by atoms with van der Waals surface area (Å²) in [4.78, 5) is 23.0. The van der Waals surface area contributed by atoms with Crippen molar-refractivity contribution in [1.82, 2.24) is 0 Å². The van der Waals surface area contributed by atoms with E-state index in [-0.39, 0.29) is 12.3 Å². The van der Waals surface area contributed by atoms with Gasteiger partial charge in [0, 0.05) is 12.1 Å². The van der Waals surface area contributed by atoms with Crippen molar-refractivity contribution in [3.05, 3.63) is 48.5 Å². The van der Waals surface area contributed by atoms with Crippen LogP contribution in [0.15, 0.2) is 48.5 Å². The van der Waals surface area contributed by atoms with Crippen molar-refractivity contribution in [2.24, 2.45) is 0 Å². The number of fused-ring (bicyclic) bond motifs is 1. The van der Waals surface area contributed by atoms with Gasteiger partial charge in [0.05, 0.1) is 6.61 Å². The van der Waals surface area contributed by atoms with Crippen molar-refractivity contribution >= 4 is 17.6 Å². The summed E-state index contributed by atoms with van der Waals surface area (Å²) in [5.74, 6) is 0.631. The first-order chi connectivity index (χ1) is 13.0. The molecule has 0 bridgehead atoms. The molecule has 1 heterocycles. The maximum absolute atomic E-state index is 12.5. The maximum atomic E-state index is 12.5. The number of aliphatic carboxylic acids is 1. The molecule has 7 nitrogen and oxygen atoms in total. The van der Waals surface area contributed by atoms with Gasteiger partial charge in [0.1, 0.15) is 11.9 Å². The van der Waals surface area contributed by atoms with Crippen molar-refractivity contribution in [2.75, 3.05) is 11.9 Å². The Morgan fingerprint density at radius 2 is 1.74 bits per heavy atom. The first-order valence-corrected chi connectivity index (χ1v) is 8.71. The average molecular weight is 371 g/mol. The molecule has 0 fully saturated rings. The lowest BCUT2D eigenvalue weighted by Crippen LogP contribution is -2.46. The summed E-state index contributed by atoms with van der Waals surface area (Å²) >= 11 is 0. The lowest BCUT2D eigenvalue weighted by molar-refractivity contribution is -0.137. The van der Waals surface area contributed by atoms with Crippen LogP contribution in [0.5, 0.6) is 17.2 Å². The highest BCUT2D eigenvalue weighted by Gasteiger charge is 2.34. The van der Waals surface area contributed by atoms with E-state index in [1.807, 2.05) is 12.1 Å². The number of para-hydroxylation sites is 2. The second-order valence-electron chi connectivity index (χ2n) is 6.17. The molecular weight excluding hydrogens is 350 g/mol. The molecule has 2 atom stereocenters. The van der Waals surface area contributed by atoms with Crippen LogP contribution in [0.25, 0.3) is 0 Å². The van der Waals surface area contributed by atoms with E-state index in [2.05, 4.69) is 5.32 Å². The van der Waals surface area contributed by atoms with E-state index in [0.717, 1.165) is 0 Å². The van der Waals surface area contributed by atoms with Crippen LogP contribution >= 0.6 is 0 Å². The van der Waals surface area contributed by atoms with Crippen LogP contribution in [0.4, 0.5) is 5.69 Å². The fourth-order valence-electron chi connectivity index (χ4n) is 2.67. The van der Waals surface area contributed by atoms with Crippen LogP contribution < -0.4 is 19.5 Å². The maximum Gasteiger partial charge on any atom is 0.303 e. The molecule has 1 amide bonds. The van der Waals surface area contributed by atoms with E-state index in [9.17, 15) is 9.59 Å². The van der Waals surface area contributed by atoms with Crippen molar-refractivity contribution in [3.63, 3.8) is 0 Å². The molecular formula is C20H21NO6. The second kappa shape index (κ2) is 8.44. The zero-order valence-electron chi connectivity index (χ0n) is 14.9. The van der Waals surface area contributed by atoms with E-state index < -0.39 is 18.2 Å². The molecule has 7 heteroatoms. The van der Waals surface area contributed by atoms with Gasteiger partial charge in [-0.1, -0.05) is 12.1 Å². The summed E-state index contributed by atoms with van der Waals surface area (Å²) in [7, 11) is 0. The number of hydrogen-bond acceptors (Lipinski definition) is 5. The normalized spacial score (nSPS) is 17.8. The number of rotatable bonds is 7. The number of carboxylic acids is 1. The van der Waals surface area contributed by atoms with Crippen LogP contribution in [0.2, 0.25) is 0 Å². The lowest BCUT2D eigenvalue weighted by atomic mass is 10.1. The van der Waals surface area contributed by atoms with E-state index in [0.29, 0.717) is 36.0 Å². The topological polar surface area (TPSA) is 94.1 Å². The molecule has 2 aromatic carbocycles. The lowest BCUT2D eigenvalue weighted by Gasteiger charge is -2.31. The van der Waals surface area contributed by atoms with Crippen molar-refractivity contribution in [1.29, 1.82) is 0 Å². The second-order valence-corrected chi connectivity index (χ2v) is 6.17. The minimum atomic E-state index is -0.845. The molecule has 0 radical (unpaired) electrons. The third-order valence-corrected chi connectivity index (χ3v) is 4.03. The van der Waals surface area contributed by atoms with Gasteiger partial charge in [0.15, 0.2) is 11.5 Å².